The topological polar surface area (TPSA) is 80.0 Å². The van der Waals surface area contributed by atoms with E-state index in [-0.39, 0.29) is 17.1 Å². The maximum absolute atomic E-state index is 12.6. The van der Waals surface area contributed by atoms with E-state index in [9.17, 15) is 23.1 Å². The summed E-state index contributed by atoms with van der Waals surface area (Å²) >= 11 is 0. The summed E-state index contributed by atoms with van der Waals surface area (Å²) in [5.41, 5.74) is 1.26. The predicted molar refractivity (Wildman–Crippen MR) is 80.7 cm³/mol. The van der Waals surface area contributed by atoms with Crippen molar-refractivity contribution in [3.63, 3.8) is 0 Å². The fourth-order valence-corrected chi connectivity index (χ4v) is 2.53. The highest BCUT2D eigenvalue weighted by molar-refractivity contribution is 5.96. The number of aromatic nitrogens is 3. The number of aryl methyl sites for hydroxylation is 1. The van der Waals surface area contributed by atoms with Crippen LogP contribution in [0.3, 0.4) is 0 Å². The van der Waals surface area contributed by atoms with E-state index in [1.54, 1.807) is 13.8 Å². The molecule has 1 atom stereocenters. The van der Waals surface area contributed by atoms with Crippen molar-refractivity contribution in [2.24, 2.45) is 0 Å². The number of nitrogens with one attached hydrogen (secondary N) is 1. The van der Waals surface area contributed by atoms with Gasteiger partial charge in [0.2, 0.25) is 5.91 Å². The fourth-order valence-electron chi connectivity index (χ4n) is 2.53. The number of amides is 1. The Morgan fingerprint density at radius 3 is 2.67 bits per heavy atom. The Kier molecular flexibility index (Phi) is 4.81. The molecular weight excluding hydrogens is 325 g/mol. The van der Waals surface area contributed by atoms with E-state index in [1.165, 1.54) is 25.4 Å². The number of hydrogen-bond donors (Lipinski definition) is 2. The molecule has 0 aliphatic heterocycles. The lowest BCUT2D eigenvalue weighted by atomic mass is 9.98. The maximum atomic E-state index is 12.6. The predicted octanol–water partition coefficient (Wildman–Crippen LogP) is 2.91. The summed E-state index contributed by atoms with van der Waals surface area (Å²) in [6.45, 7) is 3.42. The van der Waals surface area contributed by atoms with Gasteiger partial charge in [0.1, 0.15) is 6.54 Å². The highest BCUT2D eigenvalue weighted by Gasteiger charge is 2.31. The summed E-state index contributed by atoms with van der Waals surface area (Å²) in [4.78, 5) is 16.1. The zero-order valence-corrected chi connectivity index (χ0v) is 13.3. The van der Waals surface area contributed by atoms with E-state index < -0.39 is 24.5 Å². The number of carbonyl (C=O) groups excluding carboxylic acids is 1. The van der Waals surface area contributed by atoms with Crippen LogP contribution in [0.2, 0.25) is 0 Å². The highest BCUT2D eigenvalue weighted by atomic mass is 19.4. The van der Waals surface area contributed by atoms with Crippen LogP contribution >= 0.6 is 0 Å². The van der Waals surface area contributed by atoms with Gasteiger partial charge >= 0.3 is 6.18 Å². The average molecular weight is 342 g/mol. The number of halogens is 3. The van der Waals surface area contributed by atoms with Gasteiger partial charge in [0.15, 0.2) is 5.75 Å². The molecule has 0 aliphatic carbocycles. The molecule has 2 heterocycles. The number of rotatable bonds is 4. The molecule has 2 aromatic heterocycles. The molecule has 0 fully saturated rings. The van der Waals surface area contributed by atoms with Crippen LogP contribution < -0.4 is 5.32 Å². The maximum Gasteiger partial charge on any atom is 0.408 e. The number of pyridine rings is 1. The highest BCUT2D eigenvalue weighted by Crippen LogP contribution is 2.28. The summed E-state index contributed by atoms with van der Waals surface area (Å²) in [6, 6.07) is 1.42. The van der Waals surface area contributed by atoms with Crippen molar-refractivity contribution < 1.29 is 23.1 Å². The Balaban J connectivity index is 2.25. The van der Waals surface area contributed by atoms with Crippen LogP contribution in [0.4, 0.5) is 18.9 Å². The Bertz CT molecular complexity index is 756. The Labute approximate surface area is 136 Å². The van der Waals surface area contributed by atoms with Gasteiger partial charge in [0.05, 0.1) is 23.5 Å². The quantitative estimate of drug-likeness (QED) is 0.895. The lowest BCUT2D eigenvalue weighted by Gasteiger charge is -2.14. The van der Waals surface area contributed by atoms with Gasteiger partial charge in [-0.25, -0.2) is 0 Å². The van der Waals surface area contributed by atoms with Crippen LogP contribution in [-0.2, 0) is 11.3 Å². The monoisotopic (exact) mass is 342 g/mol. The summed E-state index contributed by atoms with van der Waals surface area (Å²) in [5, 5.41) is 16.0. The van der Waals surface area contributed by atoms with E-state index in [1.807, 2.05) is 0 Å². The van der Waals surface area contributed by atoms with Crippen molar-refractivity contribution >= 4 is 11.6 Å². The van der Waals surface area contributed by atoms with E-state index in [2.05, 4.69) is 15.4 Å². The molecule has 2 N–H and O–H groups in total. The van der Waals surface area contributed by atoms with Gasteiger partial charge in [0, 0.05) is 17.5 Å². The average Bonchev–Trinajstić information content (AvgIpc) is 2.73. The van der Waals surface area contributed by atoms with Crippen molar-refractivity contribution in [3.05, 3.63) is 35.4 Å². The molecule has 24 heavy (non-hydrogen) atoms. The third-order valence-electron chi connectivity index (χ3n) is 3.65. The zero-order chi connectivity index (χ0) is 18.1. The molecule has 0 saturated carbocycles. The van der Waals surface area contributed by atoms with Gasteiger partial charge in [-0.05, 0) is 26.8 Å². The second kappa shape index (κ2) is 6.50. The van der Waals surface area contributed by atoms with Crippen molar-refractivity contribution in [1.29, 1.82) is 0 Å². The Morgan fingerprint density at radius 1 is 1.42 bits per heavy atom. The first-order chi connectivity index (χ1) is 11.1. The first-order valence-electron chi connectivity index (χ1n) is 7.14. The molecule has 2 rings (SSSR count). The summed E-state index contributed by atoms with van der Waals surface area (Å²) in [6.07, 6.45) is -1.81. The van der Waals surface area contributed by atoms with Crippen LogP contribution in [0.5, 0.6) is 5.75 Å². The molecule has 0 saturated heterocycles. The number of nitrogens with zero attached hydrogens (tertiary/aromatic N) is 3. The van der Waals surface area contributed by atoms with E-state index in [0.29, 0.717) is 11.3 Å². The van der Waals surface area contributed by atoms with Crippen molar-refractivity contribution in [1.82, 2.24) is 14.8 Å². The van der Waals surface area contributed by atoms with Crippen molar-refractivity contribution in [3.8, 4) is 5.75 Å². The lowest BCUT2D eigenvalue weighted by Crippen LogP contribution is -2.21. The largest absolute Gasteiger partial charge is 0.504 e. The van der Waals surface area contributed by atoms with Crippen LogP contribution in [0.15, 0.2) is 18.5 Å². The number of hydrogen-bond acceptors (Lipinski definition) is 4. The van der Waals surface area contributed by atoms with Crippen LogP contribution in [0.25, 0.3) is 0 Å². The third kappa shape index (κ3) is 3.84. The van der Waals surface area contributed by atoms with E-state index >= 15 is 0 Å². The van der Waals surface area contributed by atoms with E-state index in [4.69, 9.17) is 0 Å². The molecule has 2 aromatic rings. The van der Waals surface area contributed by atoms with Crippen molar-refractivity contribution in [2.75, 3.05) is 5.32 Å². The number of aromatic hydroxyl groups is 1. The SMILES string of the molecule is Cc1nn(CC(F)(F)F)c(C)c1[C@@H](C)C(=O)Nc1ccncc1O. The van der Waals surface area contributed by atoms with Gasteiger partial charge in [-0.3, -0.25) is 14.5 Å². The summed E-state index contributed by atoms with van der Waals surface area (Å²) in [7, 11) is 0. The van der Waals surface area contributed by atoms with Crippen LogP contribution in [-0.4, -0.2) is 32.0 Å². The minimum Gasteiger partial charge on any atom is -0.504 e. The molecule has 9 heteroatoms. The fraction of sp³-hybridized carbons (Fsp3) is 0.400. The van der Waals surface area contributed by atoms with Gasteiger partial charge in [0.25, 0.3) is 0 Å². The number of alkyl halides is 3. The molecular formula is C15H17F3N4O2. The smallest absolute Gasteiger partial charge is 0.408 e. The molecule has 0 spiro atoms. The first kappa shape index (κ1) is 17.8. The lowest BCUT2D eigenvalue weighted by molar-refractivity contribution is -0.143. The molecule has 6 nitrogen and oxygen atoms in total. The van der Waals surface area contributed by atoms with Gasteiger partial charge in [-0.15, -0.1) is 0 Å². The van der Waals surface area contributed by atoms with Crippen LogP contribution in [0, 0.1) is 13.8 Å². The molecule has 130 valence electrons. The summed E-state index contributed by atoms with van der Waals surface area (Å²) < 4.78 is 38.6. The molecule has 0 bridgehead atoms. The minimum atomic E-state index is -4.39. The number of carbonyl (C=O) groups is 1. The molecule has 0 unspecified atom stereocenters. The molecule has 0 aromatic carbocycles. The van der Waals surface area contributed by atoms with Gasteiger partial charge in [-0.2, -0.15) is 18.3 Å². The first-order valence-corrected chi connectivity index (χ1v) is 7.14. The minimum absolute atomic E-state index is 0.180. The Morgan fingerprint density at radius 2 is 2.08 bits per heavy atom. The van der Waals surface area contributed by atoms with Crippen molar-refractivity contribution in [2.45, 2.75) is 39.4 Å². The van der Waals surface area contributed by atoms with Gasteiger partial charge < -0.3 is 10.4 Å². The second-order valence-corrected chi connectivity index (χ2v) is 5.46. The zero-order valence-electron chi connectivity index (χ0n) is 13.3. The normalized spacial score (nSPS) is 12.9. The Hall–Kier alpha value is -2.58. The van der Waals surface area contributed by atoms with E-state index in [0.717, 1.165) is 4.68 Å². The second-order valence-electron chi connectivity index (χ2n) is 5.46. The molecule has 0 aliphatic rings. The number of anilines is 1. The van der Waals surface area contributed by atoms with Gasteiger partial charge in [-0.1, -0.05) is 0 Å². The summed E-state index contributed by atoms with van der Waals surface area (Å²) in [5.74, 6) is -1.40. The standard InChI is InChI=1S/C15H17F3N4O2/c1-8(14(24)20-11-4-5-19-6-12(11)23)13-9(2)21-22(10(13)3)7-15(16,17)18/h4-6,8,23H,7H2,1-3H3,(H,19,20,24)/t8-/m1/s1. The molecule has 1 amide bonds. The molecule has 0 radical (unpaired) electrons. The van der Waals surface area contributed by atoms with Crippen LogP contribution in [0.1, 0.15) is 29.8 Å². The third-order valence-corrected chi connectivity index (χ3v) is 3.65.